The maximum atomic E-state index is 11.8. The van der Waals surface area contributed by atoms with E-state index < -0.39 is 5.41 Å². The van der Waals surface area contributed by atoms with Crippen LogP contribution in [0.2, 0.25) is 0 Å². The molecule has 0 heterocycles. The topological polar surface area (TPSA) is 52.6 Å². The molecule has 1 unspecified atom stereocenters. The quantitative estimate of drug-likeness (QED) is 0.640. The molecule has 0 aromatic heterocycles. The standard InChI is InChI=1S/C16H30O4/c1-8-9-13(17)19-10-16(6,7)14(11(2)3)20-15(18)12(4)5/h11-12,14H,8-10H2,1-7H3. The molecule has 0 aliphatic carbocycles. The summed E-state index contributed by atoms with van der Waals surface area (Å²) in [5.74, 6) is -0.401. The number of hydrogen-bond acceptors (Lipinski definition) is 4. The average Bonchev–Trinajstić information content (AvgIpc) is 2.32. The van der Waals surface area contributed by atoms with Crippen molar-refractivity contribution in [3.63, 3.8) is 0 Å². The van der Waals surface area contributed by atoms with Gasteiger partial charge in [0.2, 0.25) is 0 Å². The van der Waals surface area contributed by atoms with Crippen LogP contribution in [0.5, 0.6) is 0 Å². The van der Waals surface area contributed by atoms with E-state index in [4.69, 9.17) is 9.47 Å². The first kappa shape index (κ1) is 18.9. The third-order valence-corrected chi connectivity index (χ3v) is 3.15. The summed E-state index contributed by atoms with van der Waals surface area (Å²) in [6, 6.07) is 0. The summed E-state index contributed by atoms with van der Waals surface area (Å²) < 4.78 is 10.9. The van der Waals surface area contributed by atoms with Gasteiger partial charge in [-0.1, -0.05) is 48.5 Å². The summed E-state index contributed by atoms with van der Waals surface area (Å²) in [5.41, 5.74) is -0.401. The fourth-order valence-electron chi connectivity index (χ4n) is 2.08. The smallest absolute Gasteiger partial charge is 0.308 e. The van der Waals surface area contributed by atoms with Gasteiger partial charge in [0.05, 0.1) is 12.5 Å². The first-order chi connectivity index (χ1) is 9.11. The van der Waals surface area contributed by atoms with Crippen LogP contribution in [-0.2, 0) is 19.1 Å². The molecule has 0 N–H and O–H groups in total. The summed E-state index contributed by atoms with van der Waals surface area (Å²) in [7, 11) is 0. The summed E-state index contributed by atoms with van der Waals surface area (Å²) >= 11 is 0. The van der Waals surface area contributed by atoms with Crippen LogP contribution in [0.4, 0.5) is 0 Å². The number of esters is 2. The largest absolute Gasteiger partial charge is 0.465 e. The van der Waals surface area contributed by atoms with Gasteiger partial charge < -0.3 is 9.47 Å². The van der Waals surface area contributed by atoms with Gasteiger partial charge in [-0.05, 0) is 12.3 Å². The van der Waals surface area contributed by atoms with E-state index in [1.807, 2.05) is 48.5 Å². The maximum Gasteiger partial charge on any atom is 0.308 e. The molecule has 118 valence electrons. The van der Waals surface area contributed by atoms with E-state index in [1.54, 1.807) is 0 Å². The fourth-order valence-corrected chi connectivity index (χ4v) is 2.08. The third kappa shape index (κ3) is 6.40. The number of carbonyl (C=O) groups excluding carboxylic acids is 2. The summed E-state index contributed by atoms with van der Waals surface area (Å²) in [6.45, 7) is 13.8. The second kappa shape index (κ2) is 8.28. The van der Waals surface area contributed by atoms with Gasteiger partial charge in [0.15, 0.2) is 0 Å². The van der Waals surface area contributed by atoms with Crippen LogP contribution < -0.4 is 0 Å². The minimum atomic E-state index is -0.401. The van der Waals surface area contributed by atoms with Crippen LogP contribution in [0.3, 0.4) is 0 Å². The van der Waals surface area contributed by atoms with Crippen LogP contribution in [0.15, 0.2) is 0 Å². The minimum absolute atomic E-state index is 0.158. The Morgan fingerprint density at radius 1 is 1.10 bits per heavy atom. The lowest BCUT2D eigenvalue weighted by Gasteiger charge is -2.36. The van der Waals surface area contributed by atoms with Gasteiger partial charge in [-0.3, -0.25) is 9.59 Å². The highest BCUT2D eigenvalue weighted by atomic mass is 16.6. The Morgan fingerprint density at radius 3 is 2.05 bits per heavy atom. The molecule has 0 fully saturated rings. The summed E-state index contributed by atoms with van der Waals surface area (Å²) in [4.78, 5) is 23.3. The van der Waals surface area contributed by atoms with Crippen molar-refractivity contribution in [3.05, 3.63) is 0 Å². The van der Waals surface area contributed by atoms with Gasteiger partial charge in [0.25, 0.3) is 0 Å². The normalized spacial score (nSPS) is 13.4. The molecule has 0 saturated carbocycles. The Labute approximate surface area is 123 Å². The molecule has 0 aliphatic rings. The number of carbonyl (C=O) groups is 2. The zero-order valence-electron chi connectivity index (χ0n) is 14.0. The molecule has 0 rings (SSSR count). The predicted octanol–water partition coefficient (Wildman–Crippen LogP) is 3.58. The Kier molecular flexibility index (Phi) is 7.84. The zero-order valence-corrected chi connectivity index (χ0v) is 14.0. The second-order valence-corrected chi connectivity index (χ2v) is 6.66. The molecule has 20 heavy (non-hydrogen) atoms. The van der Waals surface area contributed by atoms with Crippen LogP contribution in [-0.4, -0.2) is 24.6 Å². The highest BCUT2D eigenvalue weighted by molar-refractivity contribution is 5.71. The lowest BCUT2D eigenvalue weighted by molar-refractivity contribution is -0.168. The van der Waals surface area contributed by atoms with Crippen LogP contribution in [0.25, 0.3) is 0 Å². The zero-order chi connectivity index (χ0) is 15.9. The second-order valence-electron chi connectivity index (χ2n) is 6.66. The van der Waals surface area contributed by atoms with E-state index >= 15 is 0 Å². The van der Waals surface area contributed by atoms with Crippen molar-refractivity contribution in [1.82, 2.24) is 0 Å². The maximum absolute atomic E-state index is 11.8. The van der Waals surface area contributed by atoms with Crippen molar-refractivity contribution in [2.75, 3.05) is 6.61 Å². The first-order valence-electron chi connectivity index (χ1n) is 7.48. The molecule has 0 bridgehead atoms. The van der Waals surface area contributed by atoms with E-state index in [0.29, 0.717) is 6.42 Å². The van der Waals surface area contributed by atoms with Gasteiger partial charge >= 0.3 is 11.9 Å². The predicted molar refractivity (Wildman–Crippen MR) is 79.2 cm³/mol. The number of hydrogen-bond donors (Lipinski definition) is 0. The van der Waals surface area contributed by atoms with Crippen LogP contribution >= 0.6 is 0 Å². The van der Waals surface area contributed by atoms with Crippen molar-refractivity contribution in [3.8, 4) is 0 Å². The van der Waals surface area contributed by atoms with Gasteiger partial charge in [0, 0.05) is 11.8 Å². The minimum Gasteiger partial charge on any atom is -0.465 e. The van der Waals surface area contributed by atoms with Crippen molar-refractivity contribution in [1.29, 1.82) is 0 Å². The lowest BCUT2D eigenvalue weighted by Crippen LogP contribution is -2.42. The van der Waals surface area contributed by atoms with Gasteiger partial charge in [-0.25, -0.2) is 0 Å². The Hall–Kier alpha value is -1.06. The van der Waals surface area contributed by atoms with Crippen molar-refractivity contribution < 1.29 is 19.1 Å². The van der Waals surface area contributed by atoms with Gasteiger partial charge in [-0.2, -0.15) is 0 Å². The van der Waals surface area contributed by atoms with E-state index in [-0.39, 0.29) is 36.5 Å². The monoisotopic (exact) mass is 286 g/mol. The van der Waals surface area contributed by atoms with Crippen molar-refractivity contribution in [2.24, 2.45) is 17.3 Å². The Bertz CT molecular complexity index is 318. The highest BCUT2D eigenvalue weighted by Gasteiger charge is 2.36. The van der Waals surface area contributed by atoms with E-state index in [0.717, 1.165) is 6.42 Å². The molecule has 0 amide bonds. The molecule has 0 aliphatic heterocycles. The van der Waals surface area contributed by atoms with Gasteiger partial charge in [0.1, 0.15) is 6.10 Å². The first-order valence-corrected chi connectivity index (χ1v) is 7.48. The number of rotatable bonds is 8. The third-order valence-electron chi connectivity index (χ3n) is 3.15. The molecule has 0 aromatic rings. The molecule has 4 heteroatoms. The molecular weight excluding hydrogens is 256 g/mol. The van der Waals surface area contributed by atoms with E-state index in [2.05, 4.69) is 0 Å². The van der Waals surface area contributed by atoms with Crippen molar-refractivity contribution >= 4 is 11.9 Å². The highest BCUT2D eigenvalue weighted by Crippen LogP contribution is 2.30. The Balaban J connectivity index is 4.71. The summed E-state index contributed by atoms with van der Waals surface area (Å²) in [5, 5.41) is 0. The molecule has 1 atom stereocenters. The molecule has 4 nitrogen and oxygen atoms in total. The van der Waals surface area contributed by atoms with Crippen LogP contribution in [0.1, 0.15) is 61.3 Å². The van der Waals surface area contributed by atoms with Crippen molar-refractivity contribution in [2.45, 2.75) is 67.4 Å². The molecule has 0 saturated heterocycles. The summed E-state index contributed by atoms with van der Waals surface area (Å²) in [6.07, 6.45) is 0.926. The molecule has 0 aromatic carbocycles. The SMILES string of the molecule is CCCC(=O)OCC(C)(C)C(OC(=O)C(C)C)C(C)C. The average molecular weight is 286 g/mol. The van der Waals surface area contributed by atoms with E-state index in [9.17, 15) is 9.59 Å². The van der Waals surface area contributed by atoms with Crippen LogP contribution in [0, 0.1) is 17.3 Å². The fraction of sp³-hybridized carbons (Fsp3) is 0.875. The molecule has 0 spiro atoms. The molecule has 0 radical (unpaired) electrons. The number of ether oxygens (including phenoxy) is 2. The van der Waals surface area contributed by atoms with E-state index in [1.165, 1.54) is 0 Å². The molecular formula is C16H30O4. The lowest BCUT2D eigenvalue weighted by atomic mass is 9.81. The Morgan fingerprint density at radius 2 is 1.65 bits per heavy atom. The van der Waals surface area contributed by atoms with Gasteiger partial charge in [-0.15, -0.1) is 0 Å².